The van der Waals surface area contributed by atoms with Gasteiger partial charge in [0.15, 0.2) is 5.65 Å². The number of ether oxygens (including phenoxy) is 1. The minimum atomic E-state index is -1.17. The van der Waals surface area contributed by atoms with E-state index in [2.05, 4.69) is 20.7 Å². The highest BCUT2D eigenvalue weighted by atomic mass is 35.5. The quantitative estimate of drug-likeness (QED) is 0.295. The van der Waals surface area contributed by atoms with Crippen LogP contribution in [0.4, 0.5) is 22.0 Å². The van der Waals surface area contributed by atoms with Gasteiger partial charge in [0, 0.05) is 23.6 Å². The summed E-state index contributed by atoms with van der Waals surface area (Å²) in [5.74, 6) is 0.0520. The molecule has 2 aromatic heterocycles. The lowest BCUT2D eigenvalue weighted by molar-refractivity contribution is -0.123. The largest absolute Gasteiger partial charge is 0.378 e. The molecule has 1 aliphatic heterocycles. The van der Waals surface area contributed by atoms with Crippen molar-refractivity contribution in [1.29, 1.82) is 5.53 Å². The number of aromatic nitrogens is 4. The number of benzene rings is 1. The predicted octanol–water partition coefficient (Wildman–Crippen LogP) is 6.36. The number of carbonyl (C=O) groups is 1. The van der Waals surface area contributed by atoms with Gasteiger partial charge in [-0.1, -0.05) is 34.8 Å². The van der Waals surface area contributed by atoms with Gasteiger partial charge >= 0.3 is 0 Å². The molecule has 3 aromatic rings. The Morgan fingerprint density at radius 2 is 1.86 bits per heavy atom. The molecular formula is C23H24Cl3FN8O2. The second-order valence-electron chi connectivity index (χ2n) is 9.16. The Balaban J connectivity index is 1.52. The highest BCUT2D eigenvalue weighted by molar-refractivity contribution is 6.41. The first-order valence-corrected chi connectivity index (χ1v) is 13.0. The van der Waals surface area contributed by atoms with Crippen LogP contribution < -0.4 is 10.6 Å². The summed E-state index contributed by atoms with van der Waals surface area (Å²) in [4.78, 5) is 25.7. The highest BCUT2D eigenvalue weighted by Crippen LogP contribution is 2.40. The number of nitrogens with one attached hydrogen (secondary N) is 3. The van der Waals surface area contributed by atoms with Crippen molar-refractivity contribution in [2.75, 3.05) is 23.8 Å². The molecular weight excluding hydrogens is 546 g/mol. The first-order chi connectivity index (χ1) is 17.8. The number of nitrogens with zero attached hydrogens (tertiary/aromatic N) is 5. The van der Waals surface area contributed by atoms with Crippen molar-refractivity contribution in [3.8, 4) is 0 Å². The third-order valence-corrected chi connectivity index (χ3v) is 7.61. The van der Waals surface area contributed by atoms with Gasteiger partial charge in [0.2, 0.25) is 11.9 Å². The summed E-state index contributed by atoms with van der Waals surface area (Å²) >= 11 is 18.9. The molecule has 0 spiro atoms. The molecule has 196 valence electrons. The van der Waals surface area contributed by atoms with Crippen molar-refractivity contribution in [3.63, 3.8) is 0 Å². The Morgan fingerprint density at radius 1 is 1.14 bits per heavy atom. The topological polar surface area (TPSA) is 130 Å². The number of rotatable bonds is 6. The molecule has 3 heterocycles. The molecule has 1 saturated heterocycles. The summed E-state index contributed by atoms with van der Waals surface area (Å²) in [6, 6.07) is 2.64. The van der Waals surface area contributed by atoms with Crippen molar-refractivity contribution in [3.05, 3.63) is 33.4 Å². The SMILES string of the molecule is N=NC(=O)[C@H]1CC[C@@H](n2c(Nc3c(Cl)cc(Cl)cc3Cl)nc3cnc(N[C@H]4CCOC[C@H]4F)nc32)CC1. The Morgan fingerprint density at radius 3 is 2.54 bits per heavy atom. The predicted molar refractivity (Wildman–Crippen MR) is 139 cm³/mol. The highest BCUT2D eigenvalue weighted by Gasteiger charge is 2.31. The molecule has 37 heavy (non-hydrogen) atoms. The monoisotopic (exact) mass is 568 g/mol. The first-order valence-electron chi connectivity index (χ1n) is 11.9. The fourth-order valence-electron chi connectivity index (χ4n) is 4.87. The van der Waals surface area contributed by atoms with Gasteiger partial charge in [0.25, 0.3) is 5.91 Å². The van der Waals surface area contributed by atoms with E-state index in [0.717, 1.165) is 0 Å². The van der Waals surface area contributed by atoms with Crippen molar-refractivity contribution < 1.29 is 13.9 Å². The van der Waals surface area contributed by atoms with Crippen LogP contribution in [0.15, 0.2) is 23.4 Å². The third kappa shape index (κ3) is 5.50. The number of hydrogen-bond donors (Lipinski definition) is 3. The summed E-state index contributed by atoms with van der Waals surface area (Å²) in [7, 11) is 0. The van der Waals surface area contributed by atoms with Crippen LogP contribution in [-0.4, -0.2) is 50.9 Å². The first kappa shape index (κ1) is 26.0. The average Bonchev–Trinajstić information content (AvgIpc) is 3.24. The van der Waals surface area contributed by atoms with Gasteiger partial charge in [0.1, 0.15) is 11.7 Å². The molecule has 3 N–H and O–H groups in total. The van der Waals surface area contributed by atoms with Crippen molar-refractivity contribution in [1.82, 2.24) is 19.5 Å². The summed E-state index contributed by atoms with van der Waals surface area (Å²) < 4.78 is 21.5. The van der Waals surface area contributed by atoms with E-state index in [-0.39, 0.29) is 24.5 Å². The maximum atomic E-state index is 14.3. The van der Waals surface area contributed by atoms with Crippen LogP contribution in [0.2, 0.25) is 15.1 Å². The molecule has 2 atom stereocenters. The summed E-state index contributed by atoms with van der Waals surface area (Å²) in [6.07, 6.45) is 3.37. The van der Waals surface area contributed by atoms with Crippen LogP contribution in [0, 0.1) is 11.4 Å². The van der Waals surface area contributed by atoms with Crippen LogP contribution in [0.25, 0.3) is 11.2 Å². The van der Waals surface area contributed by atoms with Gasteiger partial charge in [0.05, 0.1) is 34.6 Å². The van der Waals surface area contributed by atoms with Gasteiger partial charge in [-0.3, -0.25) is 9.36 Å². The second-order valence-corrected chi connectivity index (χ2v) is 10.4. The summed E-state index contributed by atoms with van der Waals surface area (Å²) in [5.41, 5.74) is 8.57. The fraction of sp³-hybridized carbons (Fsp3) is 0.478. The van der Waals surface area contributed by atoms with E-state index in [4.69, 9.17) is 55.0 Å². The minimum Gasteiger partial charge on any atom is -0.378 e. The van der Waals surface area contributed by atoms with Crippen LogP contribution in [0.5, 0.6) is 0 Å². The normalized spacial score (nSPS) is 24.1. The molecule has 0 radical (unpaired) electrons. The number of halogens is 4. The van der Waals surface area contributed by atoms with Crippen molar-refractivity contribution in [2.45, 2.75) is 50.4 Å². The number of fused-ring (bicyclic) bond motifs is 1. The number of alkyl halides is 1. The minimum absolute atomic E-state index is 0.0289. The van der Waals surface area contributed by atoms with Crippen molar-refractivity contribution in [2.24, 2.45) is 11.0 Å². The third-order valence-electron chi connectivity index (χ3n) is 6.80. The molecule has 1 saturated carbocycles. The molecule has 2 aliphatic rings. The molecule has 5 rings (SSSR count). The van der Waals surface area contributed by atoms with E-state index in [9.17, 15) is 9.18 Å². The zero-order valence-electron chi connectivity index (χ0n) is 19.6. The van der Waals surface area contributed by atoms with Gasteiger partial charge in [-0.25, -0.2) is 19.9 Å². The number of imidazole rings is 1. The number of amides is 1. The molecule has 14 heteroatoms. The Bertz CT molecular complexity index is 1310. The number of hydrogen-bond acceptors (Lipinski definition) is 8. The second kappa shape index (κ2) is 11.0. The fourth-order valence-corrected chi connectivity index (χ4v) is 5.78. The standard InChI is InChI=1S/C23H24Cl3FN8O2/c24-12-7-14(25)19(15(26)8-12)32-23-31-18-9-29-22(30-17-5-6-37-10-16(17)27)33-20(18)35(23)13-3-1-11(2-4-13)21(36)34-28/h7-9,11,13,16-17,28H,1-6,10H2,(H,31,32)(H,29,30,33)/t11-,13+,16-,17+/m1/s1. The smallest absolute Gasteiger partial charge is 0.267 e. The molecule has 1 aromatic carbocycles. The van der Waals surface area contributed by atoms with E-state index in [1.54, 1.807) is 18.3 Å². The van der Waals surface area contributed by atoms with E-state index in [1.165, 1.54) is 0 Å². The van der Waals surface area contributed by atoms with E-state index >= 15 is 0 Å². The molecule has 10 nitrogen and oxygen atoms in total. The van der Waals surface area contributed by atoms with Crippen LogP contribution in [0.3, 0.4) is 0 Å². The zero-order chi connectivity index (χ0) is 26.1. The lowest BCUT2D eigenvalue weighted by atomic mass is 9.85. The molecule has 0 bridgehead atoms. The average molecular weight is 570 g/mol. The van der Waals surface area contributed by atoms with E-state index in [1.807, 2.05) is 4.57 Å². The van der Waals surface area contributed by atoms with Gasteiger partial charge in [-0.05, 0) is 44.2 Å². The molecule has 1 aliphatic carbocycles. The summed E-state index contributed by atoms with van der Waals surface area (Å²) in [6.45, 7) is 0.489. The maximum absolute atomic E-state index is 14.3. The number of anilines is 3. The zero-order valence-corrected chi connectivity index (χ0v) is 21.8. The Hall–Kier alpha value is -2.60. The van der Waals surface area contributed by atoms with E-state index < -0.39 is 18.1 Å². The number of carbonyl (C=O) groups excluding carboxylic acids is 1. The summed E-state index contributed by atoms with van der Waals surface area (Å²) in [5, 5.41) is 10.5. The molecule has 0 unspecified atom stereocenters. The Kier molecular flexibility index (Phi) is 7.75. The van der Waals surface area contributed by atoms with Crippen LogP contribution in [-0.2, 0) is 9.53 Å². The van der Waals surface area contributed by atoms with Gasteiger partial charge in [-0.2, -0.15) is 4.98 Å². The lowest BCUT2D eigenvalue weighted by Gasteiger charge is -2.29. The van der Waals surface area contributed by atoms with Crippen LogP contribution in [0.1, 0.15) is 38.1 Å². The molecule has 1 amide bonds. The lowest BCUT2D eigenvalue weighted by Crippen LogP contribution is -2.39. The van der Waals surface area contributed by atoms with Gasteiger partial charge < -0.3 is 15.4 Å². The van der Waals surface area contributed by atoms with E-state index in [0.29, 0.717) is 76.6 Å². The van der Waals surface area contributed by atoms with Crippen LogP contribution >= 0.6 is 34.8 Å². The Labute approximate surface area is 226 Å². The maximum Gasteiger partial charge on any atom is 0.267 e. The molecule has 2 fully saturated rings. The van der Waals surface area contributed by atoms with Crippen molar-refractivity contribution >= 4 is 69.5 Å². The van der Waals surface area contributed by atoms with Gasteiger partial charge in [-0.15, -0.1) is 5.11 Å².